The second-order valence-corrected chi connectivity index (χ2v) is 12.2. The van der Waals surface area contributed by atoms with Crippen molar-refractivity contribution in [2.45, 2.75) is 80.1 Å². The van der Waals surface area contributed by atoms with Crippen molar-refractivity contribution in [3.05, 3.63) is 47.9 Å². The fourth-order valence-electron chi connectivity index (χ4n) is 3.52. The molecule has 0 aliphatic rings. The Morgan fingerprint density at radius 3 is 1.69 bits per heavy atom. The fraction of sp³-hybridized carbons (Fsp3) is 0.500. The molecule has 0 atom stereocenters. The van der Waals surface area contributed by atoms with Gasteiger partial charge in [0.05, 0.1) is 0 Å². The number of aromatic nitrogens is 2. The van der Waals surface area contributed by atoms with Gasteiger partial charge in [0.2, 0.25) is 11.8 Å². The lowest BCUT2D eigenvalue weighted by atomic mass is 9.65. The summed E-state index contributed by atoms with van der Waals surface area (Å²) in [6, 6.07) is 12.4. The van der Waals surface area contributed by atoms with Crippen molar-refractivity contribution < 1.29 is 8.83 Å². The lowest BCUT2D eigenvalue weighted by Gasteiger charge is -2.39. The van der Waals surface area contributed by atoms with Crippen LogP contribution in [-0.4, -0.2) is 9.97 Å². The number of rotatable bonds is 3. The molecule has 2 aromatic heterocycles. The van der Waals surface area contributed by atoms with Crippen LogP contribution in [0.2, 0.25) is 0 Å². The molecule has 0 bridgehead atoms. The highest BCUT2D eigenvalue weighted by Crippen LogP contribution is 2.43. The molecule has 0 aliphatic heterocycles. The highest BCUT2D eigenvalue weighted by molar-refractivity contribution is 5.90. The Morgan fingerprint density at radius 2 is 1.12 bits per heavy atom. The molecule has 170 valence electrons. The molecule has 0 spiro atoms. The average Bonchev–Trinajstić information content (AvgIpc) is 3.27. The quantitative estimate of drug-likeness (QED) is 0.327. The molecule has 0 amide bonds. The number of hydrogen-bond acceptors (Lipinski definition) is 4. The first kappa shape index (κ1) is 22.6. The van der Waals surface area contributed by atoms with Crippen molar-refractivity contribution in [1.29, 1.82) is 0 Å². The van der Waals surface area contributed by atoms with E-state index in [0.29, 0.717) is 11.5 Å². The first-order chi connectivity index (χ1) is 14.6. The van der Waals surface area contributed by atoms with Crippen molar-refractivity contribution in [1.82, 2.24) is 9.97 Å². The zero-order valence-corrected chi connectivity index (χ0v) is 21.2. The number of benzene rings is 2. The number of nitrogens with zero attached hydrogens (tertiary/aromatic N) is 2. The molecule has 4 aromatic rings. The summed E-state index contributed by atoms with van der Waals surface area (Å²) in [4.78, 5) is 9.54. The van der Waals surface area contributed by atoms with E-state index in [2.05, 4.69) is 93.5 Å². The first-order valence-electron chi connectivity index (χ1n) is 11.4. The summed E-state index contributed by atoms with van der Waals surface area (Å²) in [6.45, 7) is 22.4. The van der Waals surface area contributed by atoms with Crippen LogP contribution in [0.4, 0.5) is 0 Å². The molecule has 32 heavy (non-hydrogen) atoms. The van der Waals surface area contributed by atoms with Gasteiger partial charge in [-0.25, -0.2) is 9.97 Å². The number of hydrogen-bond donors (Lipinski definition) is 0. The molecule has 0 unspecified atom stereocenters. The van der Waals surface area contributed by atoms with E-state index in [0.717, 1.165) is 28.1 Å². The van der Waals surface area contributed by atoms with Gasteiger partial charge in [-0.15, -0.1) is 0 Å². The first-order valence-corrected chi connectivity index (χ1v) is 11.4. The van der Waals surface area contributed by atoms with Crippen molar-refractivity contribution in [2.75, 3.05) is 0 Å². The fourth-order valence-corrected chi connectivity index (χ4v) is 3.52. The SMILES string of the molecule is CC(C)(C)C(C)(C)c1ccc(-c2nc3cc4nc(C(C)(C)C(C)(C)C)oc4cc3o2)cc1. The van der Waals surface area contributed by atoms with Crippen LogP contribution in [-0.2, 0) is 10.8 Å². The van der Waals surface area contributed by atoms with E-state index < -0.39 is 0 Å². The minimum absolute atomic E-state index is 0.0200. The Morgan fingerprint density at radius 1 is 0.594 bits per heavy atom. The van der Waals surface area contributed by atoms with E-state index in [1.54, 1.807) is 0 Å². The molecule has 0 saturated heterocycles. The molecule has 4 heteroatoms. The standard InChI is InChI=1S/C28H36N2O2/c1-25(2,3)27(7,8)18-13-11-17(12-14-18)23-29-19-15-20-22(16-21(19)31-23)32-24(30-20)28(9,10)26(4,5)6/h11-16H,1-10H3. The molecule has 0 radical (unpaired) electrons. The third kappa shape index (κ3) is 3.54. The third-order valence-corrected chi connectivity index (χ3v) is 8.04. The van der Waals surface area contributed by atoms with Gasteiger partial charge in [0.25, 0.3) is 0 Å². The molecule has 0 saturated carbocycles. The van der Waals surface area contributed by atoms with E-state index in [1.807, 2.05) is 12.1 Å². The minimum atomic E-state index is -0.200. The van der Waals surface area contributed by atoms with Crippen LogP contribution in [0.3, 0.4) is 0 Å². The Kier molecular flexibility index (Phi) is 4.89. The monoisotopic (exact) mass is 432 g/mol. The zero-order valence-electron chi connectivity index (χ0n) is 21.2. The maximum Gasteiger partial charge on any atom is 0.227 e. The lowest BCUT2D eigenvalue weighted by Crippen LogP contribution is -2.34. The van der Waals surface area contributed by atoms with Gasteiger partial charge < -0.3 is 8.83 Å². The minimum Gasteiger partial charge on any atom is -0.440 e. The number of oxazole rings is 2. The van der Waals surface area contributed by atoms with Crippen LogP contribution in [0, 0.1) is 10.8 Å². The van der Waals surface area contributed by atoms with Crippen LogP contribution in [0.15, 0.2) is 45.2 Å². The summed E-state index contributed by atoms with van der Waals surface area (Å²) in [5.74, 6) is 1.35. The molecule has 0 aliphatic carbocycles. The Bertz CT molecular complexity index is 1220. The van der Waals surface area contributed by atoms with Gasteiger partial charge in [0, 0.05) is 17.0 Å². The molecular formula is C28H36N2O2. The molecule has 4 nitrogen and oxygen atoms in total. The summed E-state index contributed by atoms with van der Waals surface area (Å²) in [6.07, 6.45) is 0. The highest BCUT2D eigenvalue weighted by Gasteiger charge is 2.39. The van der Waals surface area contributed by atoms with Gasteiger partial charge in [-0.3, -0.25) is 0 Å². The van der Waals surface area contributed by atoms with E-state index in [9.17, 15) is 0 Å². The summed E-state index contributed by atoms with van der Waals surface area (Å²) in [5.41, 5.74) is 5.36. The van der Waals surface area contributed by atoms with Gasteiger partial charge in [-0.05, 0) is 40.0 Å². The Labute approximate surface area is 191 Å². The molecule has 0 N–H and O–H groups in total. The van der Waals surface area contributed by atoms with Crippen LogP contribution in [0.1, 0.15) is 80.7 Å². The summed E-state index contributed by atoms with van der Waals surface area (Å²) >= 11 is 0. The number of fused-ring (bicyclic) bond motifs is 2. The second-order valence-electron chi connectivity index (χ2n) is 12.2. The van der Waals surface area contributed by atoms with Crippen LogP contribution >= 0.6 is 0 Å². The van der Waals surface area contributed by atoms with E-state index in [-0.39, 0.29) is 21.7 Å². The second kappa shape index (κ2) is 6.94. The smallest absolute Gasteiger partial charge is 0.227 e. The van der Waals surface area contributed by atoms with Gasteiger partial charge in [0.15, 0.2) is 11.2 Å². The average molecular weight is 433 g/mol. The van der Waals surface area contributed by atoms with Crippen molar-refractivity contribution in [3.8, 4) is 11.5 Å². The van der Waals surface area contributed by atoms with Gasteiger partial charge in [0.1, 0.15) is 11.0 Å². The van der Waals surface area contributed by atoms with Crippen LogP contribution < -0.4 is 0 Å². The molecular weight excluding hydrogens is 396 g/mol. The maximum absolute atomic E-state index is 6.17. The summed E-state index contributed by atoms with van der Waals surface area (Å²) in [7, 11) is 0. The lowest BCUT2D eigenvalue weighted by molar-refractivity contribution is 0.185. The molecule has 0 fully saturated rings. The molecule has 2 aromatic carbocycles. The molecule has 2 heterocycles. The van der Waals surface area contributed by atoms with Crippen molar-refractivity contribution in [2.24, 2.45) is 10.8 Å². The normalized spacial score (nSPS) is 13.9. The Hall–Kier alpha value is -2.62. The van der Waals surface area contributed by atoms with Crippen molar-refractivity contribution in [3.63, 3.8) is 0 Å². The molecule has 4 rings (SSSR count). The maximum atomic E-state index is 6.17. The van der Waals surface area contributed by atoms with Gasteiger partial charge in [-0.2, -0.15) is 0 Å². The van der Waals surface area contributed by atoms with Gasteiger partial charge >= 0.3 is 0 Å². The topological polar surface area (TPSA) is 52.1 Å². The summed E-state index contributed by atoms with van der Waals surface area (Å²) < 4.78 is 12.3. The van der Waals surface area contributed by atoms with E-state index in [4.69, 9.17) is 18.8 Å². The van der Waals surface area contributed by atoms with E-state index >= 15 is 0 Å². The van der Waals surface area contributed by atoms with Crippen LogP contribution in [0.5, 0.6) is 0 Å². The van der Waals surface area contributed by atoms with E-state index in [1.165, 1.54) is 5.56 Å². The predicted octanol–water partition coefficient (Wildman–Crippen LogP) is 8.28. The van der Waals surface area contributed by atoms with Crippen LogP contribution in [0.25, 0.3) is 33.7 Å². The largest absolute Gasteiger partial charge is 0.440 e. The highest BCUT2D eigenvalue weighted by atomic mass is 16.4. The summed E-state index contributed by atoms with van der Waals surface area (Å²) in [5, 5.41) is 0. The van der Waals surface area contributed by atoms with Gasteiger partial charge in [-0.1, -0.05) is 81.4 Å². The predicted molar refractivity (Wildman–Crippen MR) is 132 cm³/mol. The third-order valence-electron chi connectivity index (χ3n) is 8.04. The Balaban J connectivity index is 1.70. The zero-order chi connectivity index (χ0) is 23.7. The van der Waals surface area contributed by atoms with Crippen molar-refractivity contribution >= 4 is 22.2 Å².